The summed E-state index contributed by atoms with van der Waals surface area (Å²) in [6, 6.07) is 0. The van der Waals surface area contributed by atoms with Crippen LogP contribution in [0.5, 0.6) is 0 Å². The zero-order valence-corrected chi connectivity index (χ0v) is 10.3. The summed E-state index contributed by atoms with van der Waals surface area (Å²) in [5.41, 5.74) is -0.209. The average Bonchev–Trinajstić information content (AvgIpc) is 2.00. The van der Waals surface area contributed by atoms with Crippen molar-refractivity contribution in [3.05, 3.63) is 0 Å². The molecule has 0 fully saturated rings. The summed E-state index contributed by atoms with van der Waals surface area (Å²) < 4.78 is 0. The Hall–Kier alpha value is -1.06. The Morgan fingerprint density at radius 2 is 1.73 bits per heavy atom. The summed E-state index contributed by atoms with van der Waals surface area (Å²) >= 11 is 0. The maximum Gasteiger partial charge on any atom is 0.222 e. The molecular formula is C11H22N2O2. The van der Waals surface area contributed by atoms with Crippen molar-refractivity contribution in [1.82, 2.24) is 10.6 Å². The molecule has 0 atom stereocenters. The lowest BCUT2D eigenvalue weighted by Gasteiger charge is -2.20. The monoisotopic (exact) mass is 214 g/mol. The molecule has 0 aromatic rings. The minimum atomic E-state index is -0.209. The molecule has 0 bridgehead atoms. The first-order valence-corrected chi connectivity index (χ1v) is 5.31. The van der Waals surface area contributed by atoms with Crippen molar-refractivity contribution in [2.24, 2.45) is 5.92 Å². The average molecular weight is 214 g/mol. The van der Waals surface area contributed by atoms with E-state index in [0.717, 1.165) is 0 Å². The largest absolute Gasteiger partial charge is 0.355 e. The molecule has 2 N–H and O–H groups in total. The van der Waals surface area contributed by atoms with Gasteiger partial charge in [0.05, 0.1) is 0 Å². The van der Waals surface area contributed by atoms with Gasteiger partial charge >= 0.3 is 0 Å². The van der Waals surface area contributed by atoms with Gasteiger partial charge in [-0.25, -0.2) is 0 Å². The molecule has 0 saturated carbocycles. The van der Waals surface area contributed by atoms with Crippen LogP contribution in [0, 0.1) is 5.92 Å². The third kappa shape index (κ3) is 7.97. The van der Waals surface area contributed by atoms with E-state index in [4.69, 9.17) is 0 Å². The normalized spacial score (nSPS) is 11.3. The van der Waals surface area contributed by atoms with Gasteiger partial charge in [-0.2, -0.15) is 0 Å². The van der Waals surface area contributed by atoms with Gasteiger partial charge in [-0.3, -0.25) is 9.59 Å². The van der Waals surface area contributed by atoms with Crippen LogP contribution in [0.1, 0.15) is 41.0 Å². The number of rotatable bonds is 4. The van der Waals surface area contributed by atoms with Gasteiger partial charge in [-0.1, -0.05) is 13.8 Å². The van der Waals surface area contributed by atoms with Gasteiger partial charge in [0, 0.05) is 24.4 Å². The van der Waals surface area contributed by atoms with Gasteiger partial charge in [-0.05, 0) is 20.8 Å². The Morgan fingerprint density at radius 3 is 2.13 bits per heavy atom. The molecule has 0 aliphatic carbocycles. The van der Waals surface area contributed by atoms with Gasteiger partial charge in [0.15, 0.2) is 0 Å². The van der Waals surface area contributed by atoms with Crippen molar-refractivity contribution >= 4 is 11.8 Å². The van der Waals surface area contributed by atoms with Crippen LogP contribution in [0.4, 0.5) is 0 Å². The van der Waals surface area contributed by atoms with E-state index in [9.17, 15) is 9.59 Å². The number of carbonyl (C=O) groups excluding carboxylic acids is 2. The maximum atomic E-state index is 11.3. The van der Waals surface area contributed by atoms with Crippen LogP contribution >= 0.6 is 0 Å². The van der Waals surface area contributed by atoms with Crippen molar-refractivity contribution in [3.63, 3.8) is 0 Å². The smallest absolute Gasteiger partial charge is 0.222 e. The first kappa shape index (κ1) is 13.9. The van der Waals surface area contributed by atoms with Crippen molar-refractivity contribution in [2.45, 2.75) is 46.6 Å². The van der Waals surface area contributed by atoms with Crippen LogP contribution in [-0.4, -0.2) is 23.9 Å². The molecular weight excluding hydrogens is 192 g/mol. The standard InChI is InChI=1S/C11H22N2O2/c1-8(2)10(15)12-7-6-9(14)13-11(3,4)5/h8H,6-7H2,1-5H3,(H,12,15)(H,13,14). The molecule has 0 aliphatic heterocycles. The highest BCUT2D eigenvalue weighted by Crippen LogP contribution is 1.98. The SMILES string of the molecule is CC(C)C(=O)NCCC(=O)NC(C)(C)C. The first-order valence-electron chi connectivity index (χ1n) is 5.31. The molecule has 0 aliphatic rings. The Labute approximate surface area is 91.8 Å². The highest BCUT2D eigenvalue weighted by Gasteiger charge is 2.13. The summed E-state index contributed by atoms with van der Waals surface area (Å²) in [6.45, 7) is 9.83. The van der Waals surface area contributed by atoms with Crippen LogP contribution in [0.3, 0.4) is 0 Å². The molecule has 0 saturated heterocycles. The molecule has 0 heterocycles. The van der Waals surface area contributed by atoms with Gasteiger partial charge in [0.2, 0.25) is 11.8 Å². The lowest BCUT2D eigenvalue weighted by atomic mass is 10.1. The second kappa shape index (κ2) is 5.73. The molecule has 15 heavy (non-hydrogen) atoms. The second-order valence-corrected chi connectivity index (χ2v) is 4.99. The zero-order valence-electron chi connectivity index (χ0n) is 10.3. The zero-order chi connectivity index (χ0) is 12.1. The molecule has 0 aromatic carbocycles. The highest BCUT2D eigenvalue weighted by atomic mass is 16.2. The maximum absolute atomic E-state index is 11.3. The number of hydrogen-bond donors (Lipinski definition) is 2. The van der Waals surface area contributed by atoms with Crippen LogP contribution in [0.15, 0.2) is 0 Å². The van der Waals surface area contributed by atoms with E-state index in [1.165, 1.54) is 0 Å². The molecule has 0 rings (SSSR count). The molecule has 0 unspecified atom stereocenters. The third-order valence-electron chi connectivity index (χ3n) is 1.69. The molecule has 0 radical (unpaired) electrons. The van der Waals surface area contributed by atoms with Gasteiger partial charge < -0.3 is 10.6 Å². The lowest BCUT2D eigenvalue weighted by molar-refractivity contribution is -0.124. The molecule has 0 spiro atoms. The number of nitrogens with one attached hydrogen (secondary N) is 2. The van der Waals surface area contributed by atoms with Crippen molar-refractivity contribution in [1.29, 1.82) is 0 Å². The molecule has 4 nitrogen and oxygen atoms in total. The molecule has 4 heteroatoms. The molecule has 2 amide bonds. The topological polar surface area (TPSA) is 58.2 Å². The summed E-state index contributed by atoms with van der Waals surface area (Å²) in [5.74, 6) is -0.0826. The number of carbonyl (C=O) groups is 2. The second-order valence-electron chi connectivity index (χ2n) is 4.99. The van der Waals surface area contributed by atoms with Gasteiger partial charge in [0.1, 0.15) is 0 Å². The van der Waals surface area contributed by atoms with Gasteiger partial charge in [-0.15, -0.1) is 0 Å². The van der Waals surface area contributed by atoms with Crippen molar-refractivity contribution in [3.8, 4) is 0 Å². The van der Waals surface area contributed by atoms with E-state index in [-0.39, 0.29) is 23.3 Å². The van der Waals surface area contributed by atoms with E-state index in [2.05, 4.69) is 10.6 Å². The lowest BCUT2D eigenvalue weighted by Crippen LogP contribution is -2.42. The minimum absolute atomic E-state index is 0.0152. The number of hydrogen-bond acceptors (Lipinski definition) is 2. The Balaban J connectivity index is 3.70. The summed E-state index contributed by atoms with van der Waals surface area (Å²) in [5, 5.41) is 5.53. The Morgan fingerprint density at radius 1 is 1.20 bits per heavy atom. The fourth-order valence-corrected chi connectivity index (χ4v) is 0.984. The van der Waals surface area contributed by atoms with Crippen LogP contribution in [0.25, 0.3) is 0 Å². The Kier molecular flexibility index (Phi) is 5.33. The van der Waals surface area contributed by atoms with Crippen molar-refractivity contribution < 1.29 is 9.59 Å². The molecule has 88 valence electrons. The van der Waals surface area contributed by atoms with E-state index in [0.29, 0.717) is 13.0 Å². The quantitative estimate of drug-likeness (QED) is 0.735. The first-order chi connectivity index (χ1) is 6.72. The minimum Gasteiger partial charge on any atom is -0.355 e. The van der Waals surface area contributed by atoms with Crippen molar-refractivity contribution in [2.75, 3.05) is 6.54 Å². The summed E-state index contributed by atoms with van der Waals surface area (Å²) in [4.78, 5) is 22.5. The van der Waals surface area contributed by atoms with Crippen LogP contribution < -0.4 is 10.6 Å². The number of amides is 2. The van der Waals surface area contributed by atoms with Crippen LogP contribution in [0.2, 0.25) is 0 Å². The highest BCUT2D eigenvalue weighted by molar-refractivity contribution is 5.80. The Bertz CT molecular complexity index is 229. The van der Waals surface area contributed by atoms with E-state index in [1.807, 2.05) is 34.6 Å². The van der Waals surface area contributed by atoms with Crippen LogP contribution in [-0.2, 0) is 9.59 Å². The third-order valence-corrected chi connectivity index (χ3v) is 1.69. The van der Waals surface area contributed by atoms with E-state index < -0.39 is 0 Å². The fourth-order valence-electron chi connectivity index (χ4n) is 0.984. The fraction of sp³-hybridized carbons (Fsp3) is 0.818. The summed E-state index contributed by atoms with van der Waals surface area (Å²) in [7, 11) is 0. The predicted molar refractivity (Wildman–Crippen MR) is 60.4 cm³/mol. The van der Waals surface area contributed by atoms with E-state index in [1.54, 1.807) is 0 Å². The predicted octanol–water partition coefficient (Wildman–Crippen LogP) is 1.06. The van der Waals surface area contributed by atoms with E-state index >= 15 is 0 Å². The summed E-state index contributed by atoms with van der Waals surface area (Å²) in [6.07, 6.45) is 0.329. The van der Waals surface area contributed by atoms with Gasteiger partial charge in [0.25, 0.3) is 0 Å². The molecule has 0 aromatic heterocycles.